The first kappa shape index (κ1) is 13.9. The minimum atomic E-state index is -1.11. The van der Waals surface area contributed by atoms with Gasteiger partial charge in [0, 0.05) is 25.8 Å². The van der Waals surface area contributed by atoms with Crippen LogP contribution in [0, 0.1) is 0 Å². The van der Waals surface area contributed by atoms with Crippen molar-refractivity contribution >= 4 is 17.8 Å². The highest BCUT2D eigenvalue weighted by Crippen LogP contribution is 2.15. The van der Waals surface area contributed by atoms with Crippen LogP contribution in [0.15, 0.2) is 18.5 Å². The van der Waals surface area contributed by atoms with Crippen LogP contribution in [0.3, 0.4) is 0 Å². The number of nitrogens with zero attached hydrogens (tertiary/aromatic N) is 2. The van der Waals surface area contributed by atoms with E-state index in [-0.39, 0.29) is 18.6 Å². The maximum atomic E-state index is 11.7. The van der Waals surface area contributed by atoms with Crippen LogP contribution in [0.4, 0.5) is 15.3 Å². The van der Waals surface area contributed by atoms with Crippen LogP contribution in [0.25, 0.3) is 0 Å². The third-order valence-electron chi connectivity index (χ3n) is 3.22. The second kappa shape index (κ2) is 6.09. The molecule has 1 aromatic heterocycles. The molecule has 1 aromatic rings. The lowest BCUT2D eigenvalue weighted by Gasteiger charge is -2.27. The highest BCUT2D eigenvalue weighted by molar-refractivity contribution is 5.76. The molecule has 5 N–H and O–H groups in total. The number of anilines is 1. The number of nitrogens with two attached hydrogens (primary N) is 1. The van der Waals surface area contributed by atoms with Gasteiger partial charge in [-0.25, -0.2) is 9.59 Å². The molecule has 3 amide bonds. The molecule has 2 rings (SSSR count). The zero-order chi connectivity index (χ0) is 14.5. The van der Waals surface area contributed by atoms with Crippen molar-refractivity contribution < 1.29 is 14.7 Å². The van der Waals surface area contributed by atoms with E-state index in [1.807, 2.05) is 0 Å². The molecule has 1 unspecified atom stereocenters. The normalized spacial score (nSPS) is 15.8. The summed E-state index contributed by atoms with van der Waals surface area (Å²) in [5, 5.41) is 13.8. The van der Waals surface area contributed by atoms with Gasteiger partial charge in [-0.3, -0.25) is 4.98 Å². The number of nitrogens with one attached hydrogen (secondary N) is 2. The minimum absolute atomic E-state index is 0.157. The van der Waals surface area contributed by atoms with Crippen molar-refractivity contribution in [1.29, 1.82) is 0 Å². The van der Waals surface area contributed by atoms with E-state index in [0.717, 1.165) is 5.56 Å². The second-order valence-corrected chi connectivity index (χ2v) is 4.54. The molecule has 108 valence electrons. The summed E-state index contributed by atoms with van der Waals surface area (Å²) < 4.78 is 0. The number of hydrogen-bond donors (Lipinski definition) is 4. The van der Waals surface area contributed by atoms with Crippen LogP contribution in [0.1, 0.15) is 5.56 Å². The Labute approximate surface area is 116 Å². The number of aromatic nitrogens is 1. The summed E-state index contributed by atoms with van der Waals surface area (Å²) in [7, 11) is 0. The molecule has 0 radical (unpaired) electrons. The highest BCUT2D eigenvalue weighted by atomic mass is 16.4. The molecule has 0 bridgehead atoms. The largest absolute Gasteiger partial charge is 0.465 e. The molecule has 8 heteroatoms. The van der Waals surface area contributed by atoms with Crippen LogP contribution in [-0.4, -0.2) is 52.8 Å². The Balaban J connectivity index is 2.11. The van der Waals surface area contributed by atoms with E-state index in [2.05, 4.69) is 15.6 Å². The number of pyridine rings is 1. The Morgan fingerprint density at radius 2 is 2.45 bits per heavy atom. The quantitative estimate of drug-likeness (QED) is 0.598. The smallest absolute Gasteiger partial charge is 0.404 e. The zero-order valence-electron chi connectivity index (χ0n) is 10.9. The number of urea groups is 1. The molecule has 1 fully saturated rings. The summed E-state index contributed by atoms with van der Waals surface area (Å²) in [6.07, 6.45) is 2.53. The number of nitrogen functional groups attached to an aromatic ring is 1. The fourth-order valence-corrected chi connectivity index (χ4v) is 2.21. The van der Waals surface area contributed by atoms with E-state index < -0.39 is 6.09 Å². The number of amides is 3. The molecule has 0 aliphatic carbocycles. The van der Waals surface area contributed by atoms with Gasteiger partial charge in [0.25, 0.3) is 0 Å². The summed E-state index contributed by atoms with van der Waals surface area (Å²) in [6.45, 7) is 1.27. The average molecular weight is 279 g/mol. The maximum Gasteiger partial charge on any atom is 0.404 e. The van der Waals surface area contributed by atoms with E-state index >= 15 is 0 Å². The molecule has 0 aromatic carbocycles. The summed E-state index contributed by atoms with van der Waals surface area (Å²) in [5.74, 6) is 0. The fraction of sp³-hybridized carbons (Fsp3) is 0.417. The molecular weight excluding hydrogens is 262 g/mol. The van der Waals surface area contributed by atoms with E-state index in [1.54, 1.807) is 23.4 Å². The first-order valence-electron chi connectivity index (χ1n) is 6.27. The lowest BCUT2D eigenvalue weighted by Crippen LogP contribution is -2.46. The predicted molar refractivity (Wildman–Crippen MR) is 72.3 cm³/mol. The summed E-state index contributed by atoms with van der Waals surface area (Å²) >= 11 is 0. The fourth-order valence-electron chi connectivity index (χ4n) is 2.21. The van der Waals surface area contributed by atoms with Crippen molar-refractivity contribution in [2.75, 3.05) is 25.4 Å². The summed E-state index contributed by atoms with van der Waals surface area (Å²) in [6, 6.07) is 1.31. The Kier molecular flexibility index (Phi) is 4.24. The zero-order valence-corrected chi connectivity index (χ0v) is 10.9. The molecule has 2 heterocycles. The monoisotopic (exact) mass is 279 g/mol. The van der Waals surface area contributed by atoms with E-state index in [4.69, 9.17) is 10.8 Å². The number of rotatable bonds is 5. The van der Waals surface area contributed by atoms with Crippen LogP contribution < -0.4 is 16.4 Å². The van der Waals surface area contributed by atoms with Crippen LogP contribution in [-0.2, 0) is 6.42 Å². The van der Waals surface area contributed by atoms with Crippen molar-refractivity contribution in [3.63, 3.8) is 0 Å². The molecular formula is C12H17N5O3. The minimum Gasteiger partial charge on any atom is -0.465 e. The SMILES string of the molecule is Nc1cnccc1CC(CNC(=O)O)N1CCNC1=O. The topological polar surface area (TPSA) is 121 Å². The van der Waals surface area contributed by atoms with Gasteiger partial charge in [0.2, 0.25) is 0 Å². The van der Waals surface area contributed by atoms with E-state index in [0.29, 0.717) is 25.2 Å². The molecule has 20 heavy (non-hydrogen) atoms. The Bertz CT molecular complexity index is 508. The predicted octanol–water partition coefficient (Wildman–Crippen LogP) is -0.132. The molecule has 1 saturated heterocycles. The van der Waals surface area contributed by atoms with Gasteiger partial charge in [-0.1, -0.05) is 0 Å². The Hall–Kier alpha value is -2.51. The standard InChI is InChI=1S/C12H17N5O3/c13-10-7-14-2-1-8(10)5-9(6-16-12(19)20)17-4-3-15-11(17)18/h1-2,7,9,16H,3-6,13H2,(H,15,18)(H,19,20). The number of carbonyl (C=O) groups excluding carboxylic acids is 1. The number of hydrogen-bond acceptors (Lipinski definition) is 4. The molecule has 0 spiro atoms. The molecule has 1 atom stereocenters. The van der Waals surface area contributed by atoms with Gasteiger partial charge in [0.15, 0.2) is 0 Å². The van der Waals surface area contributed by atoms with Crippen molar-refractivity contribution in [3.8, 4) is 0 Å². The molecule has 0 saturated carbocycles. The van der Waals surface area contributed by atoms with Crippen molar-refractivity contribution in [1.82, 2.24) is 20.5 Å². The molecule has 1 aliphatic heterocycles. The van der Waals surface area contributed by atoms with Gasteiger partial charge in [-0.2, -0.15) is 0 Å². The van der Waals surface area contributed by atoms with E-state index in [1.165, 1.54) is 0 Å². The van der Waals surface area contributed by atoms with Gasteiger partial charge in [-0.15, -0.1) is 0 Å². The average Bonchev–Trinajstić information content (AvgIpc) is 2.82. The summed E-state index contributed by atoms with van der Waals surface area (Å²) in [4.78, 5) is 27.9. The first-order chi connectivity index (χ1) is 9.58. The molecule has 8 nitrogen and oxygen atoms in total. The maximum absolute atomic E-state index is 11.7. The second-order valence-electron chi connectivity index (χ2n) is 4.54. The van der Waals surface area contributed by atoms with Crippen molar-refractivity contribution in [3.05, 3.63) is 24.0 Å². The Morgan fingerprint density at radius 3 is 3.05 bits per heavy atom. The van der Waals surface area contributed by atoms with Gasteiger partial charge < -0.3 is 26.4 Å². The van der Waals surface area contributed by atoms with Crippen molar-refractivity contribution in [2.24, 2.45) is 0 Å². The highest BCUT2D eigenvalue weighted by Gasteiger charge is 2.28. The number of carboxylic acid groups (broad SMARTS) is 1. The Morgan fingerprint density at radius 1 is 1.65 bits per heavy atom. The van der Waals surface area contributed by atoms with Crippen LogP contribution in [0.2, 0.25) is 0 Å². The van der Waals surface area contributed by atoms with Crippen molar-refractivity contribution in [2.45, 2.75) is 12.5 Å². The third kappa shape index (κ3) is 3.28. The van der Waals surface area contributed by atoms with Crippen LogP contribution >= 0.6 is 0 Å². The summed E-state index contributed by atoms with van der Waals surface area (Å²) in [5.41, 5.74) is 7.22. The van der Waals surface area contributed by atoms with Gasteiger partial charge in [-0.05, 0) is 18.1 Å². The number of carbonyl (C=O) groups is 2. The van der Waals surface area contributed by atoms with Gasteiger partial charge in [0.05, 0.1) is 17.9 Å². The lowest BCUT2D eigenvalue weighted by atomic mass is 10.0. The van der Waals surface area contributed by atoms with E-state index in [9.17, 15) is 9.59 Å². The van der Waals surface area contributed by atoms with Crippen LogP contribution in [0.5, 0.6) is 0 Å². The third-order valence-corrected chi connectivity index (χ3v) is 3.22. The lowest BCUT2D eigenvalue weighted by molar-refractivity contribution is 0.179. The van der Waals surface area contributed by atoms with Gasteiger partial charge in [0.1, 0.15) is 0 Å². The van der Waals surface area contributed by atoms with Gasteiger partial charge >= 0.3 is 12.1 Å². The first-order valence-corrected chi connectivity index (χ1v) is 6.27. The molecule has 1 aliphatic rings.